The SMILES string of the molecule is Nc1cc(N)nc(SCc2cc(Br)ccc2F)n1. The van der Waals surface area contributed by atoms with Crippen molar-refractivity contribution in [3.8, 4) is 0 Å². The maximum absolute atomic E-state index is 13.5. The summed E-state index contributed by atoms with van der Waals surface area (Å²) in [5, 5.41) is 0.437. The van der Waals surface area contributed by atoms with Crippen LogP contribution in [-0.2, 0) is 5.75 Å². The summed E-state index contributed by atoms with van der Waals surface area (Å²) in [6.07, 6.45) is 0. The quantitative estimate of drug-likeness (QED) is 0.669. The minimum absolute atomic E-state index is 0.262. The highest BCUT2D eigenvalue weighted by Gasteiger charge is 2.06. The maximum Gasteiger partial charge on any atom is 0.191 e. The average Bonchev–Trinajstić information content (AvgIpc) is 2.29. The Morgan fingerprint density at radius 1 is 1.17 bits per heavy atom. The van der Waals surface area contributed by atoms with Gasteiger partial charge in [-0.05, 0) is 23.8 Å². The van der Waals surface area contributed by atoms with Crippen LogP contribution in [0, 0.1) is 5.82 Å². The largest absolute Gasteiger partial charge is 0.383 e. The molecule has 1 aromatic heterocycles. The van der Waals surface area contributed by atoms with Crippen LogP contribution in [0.4, 0.5) is 16.0 Å². The number of thioether (sulfide) groups is 1. The molecule has 2 aromatic rings. The maximum atomic E-state index is 13.5. The molecule has 0 aliphatic heterocycles. The number of hydrogen-bond donors (Lipinski definition) is 2. The lowest BCUT2D eigenvalue weighted by Gasteiger charge is -2.04. The van der Waals surface area contributed by atoms with Gasteiger partial charge in [0.25, 0.3) is 0 Å². The van der Waals surface area contributed by atoms with Gasteiger partial charge in [0.15, 0.2) is 5.16 Å². The molecule has 0 saturated heterocycles. The van der Waals surface area contributed by atoms with Gasteiger partial charge >= 0.3 is 0 Å². The lowest BCUT2D eigenvalue weighted by molar-refractivity contribution is 0.617. The third-order valence-electron chi connectivity index (χ3n) is 2.11. The van der Waals surface area contributed by atoms with Gasteiger partial charge in [0.1, 0.15) is 17.5 Å². The predicted molar refractivity (Wildman–Crippen MR) is 74.5 cm³/mol. The Morgan fingerprint density at radius 2 is 1.83 bits per heavy atom. The van der Waals surface area contributed by atoms with E-state index in [1.807, 2.05) is 0 Å². The first-order valence-electron chi connectivity index (χ1n) is 5.01. The first-order valence-corrected chi connectivity index (χ1v) is 6.79. The molecule has 18 heavy (non-hydrogen) atoms. The van der Waals surface area contributed by atoms with Crippen LogP contribution in [-0.4, -0.2) is 9.97 Å². The zero-order chi connectivity index (χ0) is 13.1. The van der Waals surface area contributed by atoms with E-state index < -0.39 is 0 Å². The van der Waals surface area contributed by atoms with Gasteiger partial charge in [-0.25, -0.2) is 14.4 Å². The van der Waals surface area contributed by atoms with Crippen LogP contribution in [0.3, 0.4) is 0 Å². The molecule has 0 bridgehead atoms. The molecule has 2 rings (SSSR count). The summed E-state index contributed by atoms with van der Waals surface area (Å²) in [6.45, 7) is 0. The van der Waals surface area contributed by atoms with Crippen molar-refractivity contribution in [1.82, 2.24) is 9.97 Å². The molecule has 1 aromatic carbocycles. The predicted octanol–water partition coefficient (Wildman–Crippen LogP) is 2.83. The summed E-state index contributed by atoms with van der Waals surface area (Å²) in [4.78, 5) is 8.03. The minimum atomic E-state index is -0.262. The summed E-state index contributed by atoms with van der Waals surface area (Å²) >= 11 is 4.58. The van der Waals surface area contributed by atoms with Crippen molar-refractivity contribution in [3.63, 3.8) is 0 Å². The normalized spacial score (nSPS) is 10.6. The number of benzene rings is 1. The molecule has 4 nitrogen and oxygen atoms in total. The number of rotatable bonds is 3. The molecule has 0 aliphatic rings. The molecule has 4 N–H and O–H groups in total. The molecule has 0 unspecified atom stereocenters. The second-order valence-corrected chi connectivity index (χ2v) is 5.38. The van der Waals surface area contributed by atoms with Crippen molar-refractivity contribution < 1.29 is 4.39 Å². The number of nitrogens with zero attached hydrogens (tertiary/aromatic N) is 2. The van der Waals surface area contributed by atoms with E-state index >= 15 is 0 Å². The van der Waals surface area contributed by atoms with E-state index in [4.69, 9.17) is 11.5 Å². The fourth-order valence-corrected chi connectivity index (χ4v) is 2.58. The van der Waals surface area contributed by atoms with Gasteiger partial charge in [-0.1, -0.05) is 27.7 Å². The molecule has 0 radical (unpaired) electrons. The summed E-state index contributed by atoms with van der Waals surface area (Å²) < 4.78 is 14.3. The topological polar surface area (TPSA) is 77.8 Å². The number of nitrogens with two attached hydrogens (primary N) is 2. The van der Waals surface area contributed by atoms with E-state index in [0.29, 0.717) is 28.1 Å². The van der Waals surface area contributed by atoms with Crippen molar-refractivity contribution in [1.29, 1.82) is 0 Å². The first-order chi connectivity index (χ1) is 8.54. The average molecular weight is 329 g/mol. The molecule has 0 spiro atoms. The van der Waals surface area contributed by atoms with Crippen molar-refractivity contribution in [2.45, 2.75) is 10.9 Å². The molecule has 7 heteroatoms. The number of nitrogen functional groups attached to an aromatic ring is 2. The van der Waals surface area contributed by atoms with Gasteiger partial charge in [0.2, 0.25) is 0 Å². The Bertz CT molecular complexity index is 559. The van der Waals surface area contributed by atoms with Crippen LogP contribution in [0.25, 0.3) is 0 Å². The molecular weight excluding hydrogens is 319 g/mol. The van der Waals surface area contributed by atoms with Crippen LogP contribution < -0.4 is 11.5 Å². The summed E-state index contributed by atoms with van der Waals surface area (Å²) in [5.74, 6) is 0.760. The third-order valence-corrected chi connectivity index (χ3v) is 3.50. The number of aromatic nitrogens is 2. The Hall–Kier alpha value is -1.34. The highest BCUT2D eigenvalue weighted by atomic mass is 79.9. The molecule has 0 amide bonds. The zero-order valence-electron chi connectivity index (χ0n) is 9.23. The van der Waals surface area contributed by atoms with Crippen molar-refractivity contribution in [2.75, 3.05) is 11.5 Å². The summed E-state index contributed by atoms with van der Waals surface area (Å²) in [6, 6.07) is 6.26. The number of halogens is 2. The Balaban J connectivity index is 2.13. The van der Waals surface area contributed by atoms with Crippen LogP contribution in [0.2, 0.25) is 0 Å². The minimum Gasteiger partial charge on any atom is -0.383 e. The van der Waals surface area contributed by atoms with E-state index in [0.717, 1.165) is 4.47 Å². The highest BCUT2D eigenvalue weighted by molar-refractivity contribution is 9.10. The van der Waals surface area contributed by atoms with Crippen LogP contribution in [0.5, 0.6) is 0 Å². The summed E-state index contributed by atoms with van der Waals surface area (Å²) in [7, 11) is 0. The van der Waals surface area contributed by atoms with Gasteiger partial charge in [-0.3, -0.25) is 0 Å². The smallest absolute Gasteiger partial charge is 0.191 e. The lowest BCUT2D eigenvalue weighted by atomic mass is 10.2. The van der Waals surface area contributed by atoms with Crippen LogP contribution >= 0.6 is 27.7 Å². The fraction of sp³-hybridized carbons (Fsp3) is 0.0909. The van der Waals surface area contributed by atoms with E-state index in [1.165, 1.54) is 23.9 Å². The standard InChI is InChI=1S/C11H10BrFN4S/c12-7-1-2-8(13)6(3-7)5-18-11-16-9(14)4-10(15)17-11/h1-4H,5H2,(H4,14,15,16,17). The van der Waals surface area contributed by atoms with Crippen LogP contribution in [0.1, 0.15) is 5.56 Å². The lowest BCUT2D eigenvalue weighted by Crippen LogP contribution is -1.99. The third kappa shape index (κ3) is 3.33. The zero-order valence-corrected chi connectivity index (χ0v) is 11.6. The summed E-state index contributed by atoms with van der Waals surface area (Å²) in [5.41, 5.74) is 11.7. The van der Waals surface area contributed by atoms with E-state index in [1.54, 1.807) is 12.1 Å². The fourth-order valence-electron chi connectivity index (χ4n) is 1.32. The highest BCUT2D eigenvalue weighted by Crippen LogP contribution is 2.24. The monoisotopic (exact) mass is 328 g/mol. The van der Waals surface area contributed by atoms with E-state index in [2.05, 4.69) is 25.9 Å². The van der Waals surface area contributed by atoms with Crippen LogP contribution in [0.15, 0.2) is 33.9 Å². The Labute approximate surface area is 116 Å². The first kappa shape index (κ1) is 13.1. The second-order valence-electron chi connectivity index (χ2n) is 3.52. The molecule has 0 aliphatic carbocycles. The Morgan fingerprint density at radius 3 is 2.50 bits per heavy atom. The van der Waals surface area contributed by atoms with E-state index in [-0.39, 0.29) is 5.82 Å². The molecule has 94 valence electrons. The Kier molecular flexibility index (Phi) is 4.03. The van der Waals surface area contributed by atoms with Gasteiger partial charge in [-0.15, -0.1) is 0 Å². The van der Waals surface area contributed by atoms with Crippen molar-refractivity contribution >= 4 is 39.3 Å². The molecule has 0 saturated carbocycles. The van der Waals surface area contributed by atoms with E-state index in [9.17, 15) is 4.39 Å². The van der Waals surface area contributed by atoms with Crippen molar-refractivity contribution in [2.24, 2.45) is 0 Å². The van der Waals surface area contributed by atoms with Gasteiger partial charge in [0.05, 0.1) is 0 Å². The van der Waals surface area contributed by atoms with Crippen molar-refractivity contribution in [3.05, 3.63) is 40.1 Å². The van der Waals surface area contributed by atoms with Gasteiger partial charge in [-0.2, -0.15) is 0 Å². The number of anilines is 2. The number of hydrogen-bond acceptors (Lipinski definition) is 5. The molecular formula is C11H10BrFN4S. The van der Waals surface area contributed by atoms with Gasteiger partial charge < -0.3 is 11.5 Å². The second kappa shape index (κ2) is 5.53. The van der Waals surface area contributed by atoms with Gasteiger partial charge in [0, 0.05) is 16.3 Å². The molecule has 1 heterocycles. The molecule has 0 fully saturated rings. The molecule has 0 atom stereocenters.